The lowest BCUT2D eigenvalue weighted by Gasteiger charge is -2.12. The molecule has 2 N–H and O–H groups in total. The van der Waals surface area contributed by atoms with Crippen LogP contribution in [-0.2, 0) is 6.42 Å². The molecule has 0 spiro atoms. The number of hydrogen-bond acceptors (Lipinski definition) is 2. The molecule has 2 nitrogen and oxygen atoms in total. The molecular formula is C18H23NO. The minimum Gasteiger partial charge on any atom is -0.508 e. The molecule has 2 rings (SSSR count). The third-order valence-electron chi connectivity index (χ3n) is 3.46. The van der Waals surface area contributed by atoms with Crippen LogP contribution in [-0.4, -0.2) is 5.11 Å². The summed E-state index contributed by atoms with van der Waals surface area (Å²) in [6, 6.07) is 15.6. The lowest BCUT2D eigenvalue weighted by Crippen LogP contribution is -1.96. The summed E-state index contributed by atoms with van der Waals surface area (Å²) in [7, 11) is 0. The number of aromatic hydroxyl groups is 1. The van der Waals surface area contributed by atoms with E-state index in [1.807, 2.05) is 12.1 Å². The van der Waals surface area contributed by atoms with Gasteiger partial charge in [0.15, 0.2) is 0 Å². The predicted molar refractivity (Wildman–Crippen MR) is 85.7 cm³/mol. The number of phenolic OH excluding ortho intramolecular Hbond substituents is 1. The van der Waals surface area contributed by atoms with Gasteiger partial charge in [-0.15, -0.1) is 0 Å². The van der Waals surface area contributed by atoms with Gasteiger partial charge in [-0.05, 0) is 48.7 Å². The Balaban J connectivity index is 2.01. The van der Waals surface area contributed by atoms with Gasteiger partial charge in [0.05, 0.1) is 0 Å². The Bertz CT molecular complexity index is 519. The van der Waals surface area contributed by atoms with Crippen molar-refractivity contribution >= 4 is 11.4 Å². The predicted octanol–water partition coefficient (Wildman–Crippen LogP) is 5.26. The first kappa shape index (κ1) is 14.4. The number of aryl methyl sites for hydroxylation is 1. The average Bonchev–Trinajstić information content (AvgIpc) is 2.47. The zero-order chi connectivity index (χ0) is 14.2. The Hall–Kier alpha value is -1.96. The summed E-state index contributed by atoms with van der Waals surface area (Å²) in [5.41, 5.74) is 3.52. The molecule has 0 aliphatic rings. The number of rotatable bonds is 7. The summed E-state index contributed by atoms with van der Waals surface area (Å²) in [5.74, 6) is 0.295. The second-order valence-electron chi connectivity index (χ2n) is 5.14. The summed E-state index contributed by atoms with van der Waals surface area (Å²) in [4.78, 5) is 0. The van der Waals surface area contributed by atoms with Crippen molar-refractivity contribution in [2.45, 2.75) is 39.0 Å². The summed E-state index contributed by atoms with van der Waals surface area (Å²) < 4.78 is 0. The van der Waals surface area contributed by atoms with Crippen molar-refractivity contribution in [2.24, 2.45) is 0 Å². The third-order valence-corrected chi connectivity index (χ3v) is 3.46. The number of nitrogens with one attached hydrogen (secondary N) is 1. The standard InChI is InChI=1S/C18H23NO/c1-2-3-4-5-8-15-9-6-7-10-18(15)19-16-11-13-17(20)14-12-16/h6-7,9-14,19-20H,2-5,8H2,1H3. The maximum Gasteiger partial charge on any atom is 0.115 e. The summed E-state index contributed by atoms with van der Waals surface area (Å²) >= 11 is 0. The van der Waals surface area contributed by atoms with E-state index in [2.05, 4.69) is 36.5 Å². The smallest absolute Gasteiger partial charge is 0.115 e. The summed E-state index contributed by atoms with van der Waals surface area (Å²) in [6.07, 6.45) is 6.23. The fourth-order valence-electron chi connectivity index (χ4n) is 2.30. The van der Waals surface area contributed by atoms with Crippen LogP contribution in [0.5, 0.6) is 5.75 Å². The van der Waals surface area contributed by atoms with Crippen molar-refractivity contribution in [3.05, 3.63) is 54.1 Å². The van der Waals surface area contributed by atoms with E-state index in [0.29, 0.717) is 5.75 Å². The van der Waals surface area contributed by atoms with E-state index in [1.165, 1.54) is 31.2 Å². The minimum absolute atomic E-state index is 0.295. The number of para-hydroxylation sites is 1. The second-order valence-corrected chi connectivity index (χ2v) is 5.14. The van der Waals surface area contributed by atoms with Gasteiger partial charge in [-0.1, -0.05) is 44.4 Å². The normalized spacial score (nSPS) is 10.4. The molecule has 106 valence electrons. The molecule has 0 saturated heterocycles. The lowest BCUT2D eigenvalue weighted by molar-refractivity contribution is 0.475. The molecule has 0 aliphatic heterocycles. The fraction of sp³-hybridized carbons (Fsp3) is 0.333. The summed E-state index contributed by atoms with van der Waals surface area (Å²) in [6.45, 7) is 2.24. The molecule has 0 aliphatic carbocycles. The van der Waals surface area contributed by atoms with E-state index < -0.39 is 0 Å². The molecule has 2 heteroatoms. The molecule has 0 atom stereocenters. The number of hydrogen-bond donors (Lipinski definition) is 2. The van der Waals surface area contributed by atoms with E-state index in [4.69, 9.17) is 0 Å². The van der Waals surface area contributed by atoms with Gasteiger partial charge in [-0.25, -0.2) is 0 Å². The highest BCUT2D eigenvalue weighted by Crippen LogP contribution is 2.23. The molecule has 0 unspecified atom stereocenters. The maximum absolute atomic E-state index is 9.32. The van der Waals surface area contributed by atoms with Crippen molar-refractivity contribution in [3.8, 4) is 5.75 Å². The Labute approximate surface area is 121 Å². The van der Waals surface area contributed by atoms with E-state index in [0.717, 1.165) is 17.8 Å². The zero-order valence-electron chi connectivity index (χ0n) is 12.1. The van der Waals surface area contributed by atoms with Gasteiger partial charge >= 0.3 is 0 Å². The number of benzene rings is 2. The number of unbranched alkanes of at least 4 members (excludes halogenated alkanes) is 3. The highest BCUT2D eigenvalue weighted by Gasteiger charge is 2.02. The highest BCUT2D eigenvalue weighted by atomic mass is 16.3. The van der Waals surface area contributed by atoms with Crippen LogP contribution in [0, 0.1) is 0 Å². The molecule has 0 aromatic heterocycles. The van der Waals surface area contributed by atoms with Crippen LogP contribution in [0.25, 0.3) is 0 Å². The number of anilines is 2. The first-order valence-electron chi connectivity index (χ1n) is 7.43. The second kappa shape index (κ2) is 7.59. The first-order valence-corrected chi connectivity index (χ1v) is 7.43. The largest absolute Gasteiger partial charge is 0.508 e. The average molecular weight is 269 g/mol. The van der Waals surface area contributed by atoms with Crippen LogP contribution in [0.2, 0.25) is 0 Å². The van der Waals surface area contributed by atoms with Crippen molar-refractivity contribution in [1.82, 2.24) is 0 Å². The summed E-state index contributed by atoms with van der Waals surface area (Å²) in [5, 5.41) is 12.7. The van der Waals surface area contributed by atoms with E-state index >= 15 is 0 Å². The van der Waals surface area contributed by atoms with Gasteiger partial charge in [0.1, 0.15) is 5.75 Å². The molecule has 2 aromatic rings. The maximum atomic E-state index is 9.32. The minimum atomic E-state index is 0.295. The number of phenols is 1. The fourth-order valence-corrected chi connectivity index (χ4v) is 2.30. The highest BCUT2D eigenvalue weighted by molar-refractivity contribution is 5.63. The van der Waals surface area contributed by atoms with Crippen molar-refractivity contribution in [2.75, 3.05) is 5.32 Å². The van der Waals surface area contributed by atoms with Crippen LogP contribution in [0.4, 0.5) is 11.4 Å². The Morgan fingerprint density at radius 2 is 1.65 bits per heavy atom. The van der Waals surface area contributed by atoms with Crippen LogP contribution < -0.4 is 5.32 Å². The first-order chi connectivity index (χ1) is 9.79. The van der Waals surface area contributed by atoms with E-state index in [-0.39, 0.29) is 0 Å². The topological polar surface area (TPSA) is 32.3 Å². The van der Waals surface area contributed by atoms with Gasteiger partial charge in [0.25, 0.3) is 0 Å². The lowest BCUT2D eigenvalue weighted by atomic mass is 10.0. The molecule has 2 aromatic carbocycles. The monoisotopic (exact) mass is 269 g/mol. The molecule has 0 amide bonds. The van der Waals surface area contributed by atoms with Crippen molar-refractivity contribution in [1.29, 1.82) is 0 Å². The molecule has 0 heterocycles. The molecule has 0 radical (unpaired) electrons. The van der Waals surface area contributed by atoms with Crippen molar-refractivity contribution in [3.63, 3.8) is 0 Å². The quantitative estimate of drug-likeness (QED) is 0.531. The van der Waals surface area contributed by atoms with Gasteiger partial charge in [-0.3, -0.25) is 0 Å². The zero-order valence-corrected chi connectivity index (χ0v) is 12.1. The molecule has 0 saturated carbocycles. The van der Waals surface area contributed by atoms with E-state index in [1.54, 1.807) is 12.1 Å². The van der Waals surface area contributed by atoms with E-state index in [9.17, 15) is 5.11 Å². The molecule has 20 heavy (non-hydrogen) atoms. The van der Waals surface area contributed by atoms with Gasteiger partial charge in [0, 0.05) is 11.4 Å². The SMILES string of the molecule is CCCCCCc1ccccc1Nc1ccc(O)cc1. The van der Waals surface area contributed by atoms with Gasteiger partial charge in [-0.2, -0.15) is 0 Å². The van der Waals surface area contributed by atoms with Gasteiger partial charge in [0.2, 0.25) is 0 Å². The molecular weight excluding hydrogens is 246 g/mol. The Morgan fingerprint density at radius 1 is 0.900 bits per heavy atom. The van der Waals surface area contributed by atoms with Crippen LogP contribution in [0.1, 0.15) is 38.2 Å². The third kappa shape index (κ3) is 4.30. The Kier molecular flexibility index (Phi) is 5.48. The molecule has 0 fully saturated rings. The van der Waals surface area contributed by atoms with Crippen LogP contribution in [0.3, 0.4) is 0 Å². The van der Waals surface area contributed by atoms with Gasteiger partial charge < -0.3 is 10.4 Å². The Morgan fingerprint density at radius 3 is 2.40 bits per heavy atom. The molecule has 0 bridgehead atoms. The van der Waals surface area contributed by atoms with Crippen molar-refractivity contribution < 1.29 is 5.11 Å². The van der Waals surface area contributed by atoms with Crippen LogP contribution in [0.15, 0.2) is 48.5 Å². The van der Waals surface area contributed by atoms with Crippen LogP contribution >= 0.6 is 0 Å².